The predicted molar refractivity (Wildman–Crippen MR) is 96.6 cm³/mol. The molecule has 0 aliphatic rings. The van der Waals surface area contributed by atoms with E-state index in [1.807, 2.05) is 0 Å². The van der Waals surface area contributed by atoms with Gasteiger partial charge in [-0.15, -0.1) is 0 Å². The van der Waals surface area contributed by atoms with Crippen molar-refractivity contribution < 1.29 is 13.2 Å². The third-order valence-corrected chi connectivity index (χ3v) is 6.38. The molecular weight excluding hydrogens is 448 g/mol. The number of carbonyl (C=O) groups is 1. The normalized spacial score (nSPS) is 11.2. The van der Waals surface area contributed by atoms with Gasteiger partial charge in [-0.2, -0.15) is 0 Å². The van der Waals surface area contributed by atoms with Crippen molar-refractivity contribution in [1.82, 2.24) is 0 Å². The van der Waals surface area contributed by atoms with E-state index in [0.29, 0.717) is 14.6 Å². The minimum Gasteiger partial charge on any atom is -0.370 e. The highest BCUT2D eigenvalue weighted by Crippen LogP contribution is 2.31. The van der Waals surface area contributed by atoms with Crippen LogP contribution in [0.4, 0.5) is 5.69 Å². The van der Waals surface area contributed by atoms with Crippen LogP contribution in [-0.2, 0) is 14.8 Å². The maximum absolute atomic E-state index is 13.0. The molecule has 2 N–H and O–H groups in total. The Bertz CT molecular complexity index is 811. The quantitative estimate of drug-likeness (QED) is 0.716. The molecule has 122 valence electrons. The van der Waals surface area contributed by atoms with Gasteiger partial charge in [0.05, 0.1) is 5.69 Å². The lowest BCUT2D eigenvalue weighted by molar-refractivity contribution is -0.117. The molecule has 2 aromatic rings. The first-order valence-electron chi connectivity index (χ1n) is 6.63. The smallest absolute Gasteiger partial charge is 0.265 e. The number of sulfonamides is 1. The van der Waals surface area contributed by atoms with E-state index >= 15 is 0 Å². The molecule has 0 saturated heterocycles. The number of carbonyl (C=O) groups excluding carboxylic acids is 1. The lowest BCUT2D eigenvalue weighted by Crippen LogP contribution is -2.34. The molecule has 0 heterocycles. The van der Waals surface area contributed by atoms with E-state index in [0.717, 1.165) is 0 Å². The number of hydrogen-bond acceptors (Lipinski definition) is 3. The number of hydrogen-bond donors (Lipinski definition) is 1. The first-order chi connectivity index (χ1) is 10.8. The highest BCUT2D eigenvalue weighted by Gasteiger charge is 2.27. The first kappa shape index (κ1) is 18.0. The zero-order chi connectivity index (χ0) is 17.0. The summed E-state index contributed by atoms with van der Waals surface area (Å²) in [6.07, 6.45) is -0.0697. The minimum atomic E-state index is -3.85. The van der Waals surface area contributed by atoms with Crippen molar-refractivity contribution in [1.29, 1.82) is 0 Å². The second-order valence-electron chi connectivity index (χ2n) is 4.70. The topological polar surface area (TPSA) is 80.5 Å². The zero-order valence-corrected chi connectivity index (χ0v) is 15.9. The second kappa shape index (κ2) is 7.46. The van der Waals surface area contributed by atoms with E-state index in [1.165, 1.54) is 10.4 Å². The summed E-state index contributed by atoms with van der Waals surface area (Å²) >= 11 is 6.55. The average Bonchev–Trinajstić information content (AvgIpc) is 2.50. The van der Waals surface area contributed by atoms with Crippen molar-refractivity contribution in [3.63, 3.8) is 0 Å². The van der Waals surface area contributed by atoms with E-state index in [2.05, 4.69) is 31.9 Å². The number of primary amides is 1. The van der Waals surface area contributed by atoms with Crippen molar-refractivity contribution in [2.45, 2.75) is 11.3 Å². The van der Waals surface area contributed by atoms with Crippen molar-refractivity contribution in [2.24, 2.45) is 5.73 Å². The van der Waals surface area contributed by atoms with Crippen LogP contribution in [0.3, 0.4) is 0 Å². The molecule has 0 aromatic heterocycles. The molecule has 0 unspecified atom stereocenters. The van der Waals surface area contributed by atoms with Crippen molar-refractivity contribution >= 4 is 53.5 Å². The number of nitrogens with zero attached hydrogens (tertiary/aromatic N) is 1. The molecule has 0 saturated carbocycles. The monoisotopic (exact) mass is 460 g/mol. The minimum absolute atomic E-state index is 0.0271. The fourth-order valence-electron chi connectivity index (χ4n) is 1.99. The molecule has 5 nitrogen and oxygen atoms in total. The fraction of sp³-hybridized carbons (Fsp3) is 0.133. The Balaban J connectivity index is 2.52. The van der Waals surface area contributed by atoms with Crippen molar-refractivity contribution in [2.75, 3.05) is 10.8 Å². The SMILES string of the molecule is NC(=O)CCN(c1ccccc1)S(=O)(=O)c1cc(Br)ccc1Br. The average molecular weight is 462 g/mol. The first-order valence-corrected chi connectivity index (χ1v) is 9.66. The Kier molecular flexibility index (Phi) is 5.83. The molecule has 0 aliphatic heterocycles. The Hall–Kier alpha value is -1.38. The highest BCUT2D eigenvalue weighted by molar-refractivity contribution is 9.11. The summed E-state index contributed by atoms with van der Waals surface area (Å²) in [6.45, 7) is -0.0271. The van der Waals surface area contributed by atoms with Crippen LogP contribution in [0.15, 0.2) is 62.4 Å². The van der Waals surface area contributed by atoms with E-state index in [4.69, 9.17) is 5.73 Å². The molecule has 23 heavy (non-hydrogen) atoms. The number of benzene rings is 2. The summed E-state index contributed by atoms with van der Waals surface area (Å²) in [5, 5.41) is 0. The number of para-hydroxylation sites is 1. The van der Waals surface area contributed by atoms with E-state index in [9.17, 15) is 13.2 Å². The lowest BCUT2D eigenvalue weighted by atomic mass is 10.3. The van der Waals surface area contributed by atoms with Gasteiger partial charge < -0.3 is 5.73 Å². The van der Waals surface area contributed by atoms with Gasteiger partial charge >= 0.3 is 0 Å². The highest BCUT2D eigenvalue weighted by atomic mass is 79.9. The summed E-state index contributed by atoms with van der Waals surface area (Å²) in [7, 11) is -3.85. The van der Waals surface area contributed by atoms with Gasteiger partial charge in [-0.05, 0) is 46.3 Å². The maximum atomic E-state index is 13.0. The number of rotatable bonds is 6. The number of anilines is 1. The van der Waals surface area contributed by atoms with Gasteiger partial charge in [0.15, 0.2) is 0 Å². The molecule has 2 rings (SSSR count). The maximum Gasteiger partial charge on any atom is 0.265 e. The molecule has 0 fully saturated rings. The summed E-state index contributed by atoms with van der Waals surface area (Å²) in [4.78, 5) is 11.2. The van der Waals surface area contributed by atoms with E-state index in [1.54, 1.807) is 42.5 Å². The second-order valence-corrected chi connectivity index (χ2v) is 8.30. The Morgan fingerprint density at radius 2 is 1.74 bits per heavy atom. The Morgan fingerprint density at radius 3 is 2.35 bits per heavy atom. The molecule has 1 amide bonds. The summed E-state index contributed by atoms with van der Waals surface area (Å²) in [5.74, 6) is -0.561. The lowest BCUT2D eigenvalue weighted by Gasteiger charge is -2.24. The Morgan fingerprint density at radius 1 is 1.09 bits per heavy atom. The summed E-state index contributed by atoms with van der Waals surface area (Å²) < 4.78 is 28.4. The van der Waals surface area contributed by atoms with Crippen LogP contribution in [-0.4, -0.2) is 20.9 Å². The summed E-state index contributed by atoms with van der Waals surface area (Å²) in [5.41, 5.74) is 5.65. The molecule has 0 bridgehead atoms. The van der Waals surface area contributed by atoms with Crippen LogP contribution in [0, 0.1) is 0 Å². The number of halogens is 2. The third-order valence-electron chi connectivity index (χ3n) is 3.07. The number of nitrogens with two attached hydrogens (primary N) is 1. The van der Waals surface area contributed by atoms with Gasteiger partial charge in [0.2, 0.25) is 5.91 Å². The standard InChI is InChI=1S/C15H14Br2N2O3S/c16-11-6-7-13(17)14(10-11)23(21,22)19(9-8-15(18)20)12-4-2-1-3-5-12/h1-7,10H,8-9H2,(H2,18,20). The van der Waals surface area contributed by atoms with Gasteiger partial charge in [-0.1, -0.05) is 34.1 Å². The third kappa shape index (κ3) is 4.33. The van der Waals surface area contributed by atoms with Gasteiger partial charge in [0, 0.05) is 21.9 Å². The molecule has 0 atom stereocenters. The molecule has 0 aliphatic carbocycles. The van der Waals surface area contributed by atoms with Gasteiger partial charge in [-0.3, -0.25) is 9.10 Å². The van der Waals surface area contributed by atoms with Gasteiger partial charge in [0.1, 0.15) is 4.90 Å². The van der Waals surface area contributed by atoms with E-state index in [-0.39, 0.29) is 17.9 Å². The zero-order valence-electron chi connectivity index (χ0n) is 11.9. The molecule has 0 radical (unpaired) electrons. The van der Waals surface area contributed by atoms with Crippen LogP contribution < -0.4 is 10.0 Å². The van der Waals surface area contributed by atoms with Crippen LogP contribution in [0.1, 0.15) is 6.42 Å². The largest absolute Gasteiger partial charge is 0.370 e. The van der Waals surface area contributed by atoms with Crippen molar-refractivity contribution in [3.8, 4) is 0 Å². The summed E-state index contributed by atoms with van der Waals surface area (Å²) in [6, 6.07) is 13.5. The van der Waals surface area contributed by atoms with Crippen LogP contribution in [0.5, 0.6) is 0 Å². The van der Waals surface area contributed by atoms with Crippen LogP contribution in [0.2, 0.25) is 0 Å². The number of amides is 1. The van der Waals surface area contributed by atoms with Crippen molar-refractivity contribution in [3.05, 3.63) is 57.5 Å². The molecule has 8 heteroatoms. The fourth-order valence-corrected chi connectivity index (χ4v) is 4.92. The van der Waals surface area contributed by atoms with Gasteiger partial charge in [-0.25, -0.2) is 8.42 Å². The molecule has 2 aromatic carbocycles. The molecular formula is C15H14Br2N2O3S. The molecule has 0 spiro atoms. The Labute approximate surface area is 151 Å². The van der Waals surface area contributed by atoms with Crippen LogP contribution in [0.25, 0.3) is 0 Å². The predicted octanol–water partition coefficient (Wildman–Crippen LogP) is 3.28. The van der Waals surface area contributed by atoms with Gasteiger partial charge in [0.25, 0.3) is 10.0 Å². The van der Waals surface area contributed by atoms with E-state index < -0.39 is 15.9 Å². The van der Waals surface area contributed by atoms with Crippen LogP contribution >= 0.6 is 31.9 Å².